The van der Waals surface area contributed by atoms with Crippen LogP contribution in [0.15, 0.2) is 24.4 Å². The van der Waals surface area contributed by atoms with Gasteiger partial charge in [0.25, 0.3) is 0 Å². The van der Waals surface area contributed by atoms with E-state index in [1.165, 1.54) is 0 Å². The van der Waals surface area contributed by atoms with Crippen LogP contribution >= 0.6 is 0 Å². The summed E-state index contributed by atoms with van der Waals surface area (Å²) in [6, 6.07) is 6.54. The molecule has 1 saturated heterocycles. The Morgan fingerprint density at radius 1 is 1.36 bits per heavy atom. The SMILES string of the molecule is CC(C)NC1NC=Cc2c(OCC3CN(C(C)C)C(=O)O3)cccc21. The molecular weight excluding hydrogens is 318 g/mol. The van der Waals surface area contributed by atoms with Gasteiger partial charge in [-0.1, -0.05) is 12.1 Å². The number of carbonyl (C=O) groups is 1. The van der Waals surface area contributed by atoms with Gasteiger partial charge in [0, 0.05) is 17.6 Å². The minimum Gasteiger partial charge on any atom is -0.489 e. The summed E-state index contributed by atoms with van der Waals surface area (Å²) in [6.07, 6.45) is 3.52. The second-order valence-corrected chi connectivity index (χ2v) is 7.08. The fraction of sp³-hybridized carbons (Fsp3) is 0.526. The van der Waals surface area contributed by atoms with Crippen molar-refractivity contribution in [2.45, 2.75) is 52.0 Å². The number of fused-ring (bicyclic) bond motifs is 1. The molecule has 0 saturated carbocycles. The third-order valence-corrected chi connectivity index (χ3v) is 4.37. The summed E-state index contributed by atoms with van der Waals surface area (Å²) in [5.74, 6) is 0.810. The van der Waals surface area contributed by atoms with Gasteiger partial charge in [-0.15, -0.1) is 0 Å². The maximum atomic E-state index is 11.8. The van der Waals surface area contributed by atoms with Gasteiger partial charge in [0.1, 0.15) is 18.5 Å². The third-order valence-electron chi connectivity index (χ3n) is 4.37. The van der Waals surface area contributed by atoms with Gasteiger partial charge in [0.15, 0.2) is 6.10 Å². The Bertz CT molecular complexity index is 657. The second-order valence-electron chi connectivity index (χ2n) is 7.08. The van der Waals surface area contributed by atoms with Crippen molar-refractivity contribution in [2.75, 3.05) is 13.2 Å². The Morgan fingerprint density at radius 2 is 2.16 bits per heavy atom. The van der Waals surface area contributed by atoms with Crippen LogP contribution in [0.5, 0.6) is 5.75 Å². The number of hydrogen-bond donors (Lipinski definition) is 2. The van der Waals surface area contributed by atoms with Gasteiger partial charge >= 0.3 is 6.09 Å². The second kappa shape index (κ2) is 7.35. The number of benzene rings is 1. The van der Waals surface area contributed by atoms with Crippen molar-refractivity contribution in [3.63, 3.8) is 0 Å². The lowest BCUT2D eigenvalue weighted by Crippen LogP contribution is -2.37. The summed E-state index contributed by atoms with van der Waals surface area (Å²) in [7, 11) is 0. The van der Waals surface area contributed by atoms with Crippen molar-refractivity contribution in [1.82, 2.24) is 15.5 Å². The van der Waals surface area contributed by atoms with Crippen molar-refractivity contribution in [3.8, 4) is 5.75 Å². The summed E-state index contributed by atoms with van der Waals surface area (Å²) in [5, 5.41) is 6.82. The molecule has 2 atom stereocenters. The molecule has 1 fully saturated rings. The van der Waals surface area contributed by atoms with Gasteiger partial charge in [-0.3, -0.25) is 5.32 Å². The molecule has 2 aliphatic rings. The quantitative estimate of drug-likeness (QED) is 0.830. The molecule has 0 aliphatic carbocycles. The zero-order chi connectivity index (χ0) is 18.0. The minimum atomic E-state index is -0.260. The van der Waals surface area contributed by atoms with E-state index in [9.17, 15) is 4.79 Å². The largest absolute Gasteiger partial charge is 0.489 e. The molecule has 1 aromatic rings. The minimum absolute atomic E-state index is 0.0595. The van der Waals surface area contributed by atoms with Gasteiger partial charge in [0.2, 0.25) is 0 Å². The van der Waals surface area contributed by atoms with Crippen molar-refractivity contribution in [3.05, 3.63) is 35.5 Å². The van der Waals surface area contributed by atoms with Crippen molar-refractivity contribution in [2.24, 2.45) is 0 Å². The van der Waals surface area contributed by atoms with Gasteiger partial charge in [-0.05, 0) is 51.6 Å². The first-order chi connectivity index (χ1) is 12.0. The first kappa shape index (κ1) is 17.6. The van der Waals surface area contributed by atoms with E-state index >= 15 is 0 Å². The summed E-state index contributed by atoms with van der Waals surface area (Å²) < 4.78 is 11.4. The maximum absolute atomic E-state index is 11.8. The first-order valence-electron chi connectivity index (χ1n) is 8.87. The average molecular weight is 345 g/mol. The lowest BCUT2D eigenvalue weighted by Gasteiger charge is -2.28. The predicted octanol–water partition coefficient (Wildman–Crippen LogP) is 2.87. The zero-order valence-corrected chi connectivity index (χ0v) is 15.3. The average Bonchev–Trinajstić information content (AvgIpc) is 2.94. The first-order valence-corrected chi connectivity index (χ1v) is 8.87. The Labute approximate surface area is 149 Å². The standard InChI is InChI=1S/C19H27N3O3/c1-12(2)21-18-16-6-5-7-17(15(16)8-9-20-18)24-11-14-10-22(13(3)4)19(23)25-14/h5-9,12-14,18,20-21H,10-11H2,1-4H3. The fourth-order valence-electron chi connectivity index (χ4n) is 3.14. The molecule has 136 valence electrons. The van der Waals surface area contributed by atoms with Crippen LogP contribution in [0.3, 0.4) is 0 Å². The molecule has 2 unspecified atom stereocenters. The van der Waals surface area contributed by atoms with Crippen LogP contribution in [0, 0.1) is 0 Å². The van der Waals surface area contributed by atoms with E-state index in [1.807, 2.05) is 38.3 Å². The maximum Gasteiger partial charge on any atom is 0.410 e. The number of hydrogen-bond acceptors (Lipinski definition) is 5. The Morgan fingerprint density at radius 3 is 2.84 bits per heavy atom. The van der Waals surface area contributed by atoms with E-state index in [0.717, 1.165) is 16.9 Å². The van der Waals surface area contributed by atoms with E-state index in [4.69, 9.17) is 9.47 Å². The molecule has 0 spiro atoms. The molecule has 25 heavy (non-hydrogen) atoms. The van der Waals surface area contributed by atoms with Gasteiger partial charge in [-0.25, -0.2) is 4.79 Å². The molecule has 6 heteroatoms. The molecule has 2 N–H and O–H groups in total. The van der Waals surface area contributed by atoms with Crippen LogP contribution in [0.25, 0.3) is 6.08 Å². The number of rotatable bonds is 6. The third kappa shape index (κ3) is 3.90. The Hall–Kier alpha value is -2.21. The molecule has 1 amide bonds. The highest BCUT2D eigenvalue weighted by molar-refractivity contribution is 5.70. The predicted molar refractivity (Wildman–Crippen MR) is 97.2 cm³/mol. The molecule has 1 aromatic carbocycles. The highest BCUT2D eigenvalue weighted by Crippen LogP contribution is 2.30. The van der Waals surface area contributed by atoms with Crippen LogP contribution in [-0.2, 0) is 4.74 Å². The lowest BCUT2D eigenvalue weighted by atomic mass is 10.0. The normalized spacial score (nSPS) is 22.2. The van der Waals surface area contributed by atoms with Gasteiger partial charge < -0.3 is 19.7 Å². The number of amides is 1. The summed E-state index contributed by atoms with van der Waals surface area (Å²) >= 11 is 0. The molecular formula is C19H27N3O3. The Balaban J connectivity index is 1.69. The van der Waals surface area contributed by atoms with Crippen LogP contribution in [0.2, 0.25) is 0 Å². The molecule has 2 heterocycles. The number of nitrogens with zero attached hydrogens (tertiary/aromatic N) is 1. The van der Waals surface area contributed by atoms with E-state index < -0.39 is 0 Å². The zero-order valence-electron chi connectivity index (χ0n) is 15.3. The Kier molecular flexibility index (Phi) is 5.18. The highest BCUT2D eigenvalue weighted by atomic mass is 16.6. The van der Waals surface area contributed by atoms with Crippen molar-refractivity contribution >= 4 is 12.2 Å². The molecule has 2 aliphatic heterocycles. The van der Waals surface area contributed by atoms with Crippen molar-refractivity contribution < 1.29 is 14.3 Å². The van der Waals surface area contributed by atoms with Crippen molar-refractivity contribution in [1.29, 1.82) is 0 Å². The summed E-state index contributed by atoms with van der Waals surface area (Å²) in [6.45, 7) is 9.13. The molecule has 6 nitrogen and oxygen atoms in total. The smallest absolute Gasteiger partial charge is 0.410 e. The number of cyclic esters (lactones) is 1. The number of nitrogens with one attached hydrogen (secondary N) is 2. The highest BCUT2D eigenvalue weighted by Gasteiger charge is 2.33. The summed E-state index contributed by atoms with van der Waals surface area (Å²) in [5.41, 5.74) is 2.21. The summed E-state index contributed by atoms with van der Waals surface area (Å²) in [4.78, 5) is 13.6. The monoisotopic (exact) mass is 345 g/mol. The van der Waals surface area contributed by atoms with Crippen LogP contribution < -0.4 is 15.4 Å². The molecule has 0 bridgehead atoms. The van der Waals surface area contributed by atoms with Crippen LogP contribution in [-0.4, -0.2) is 42.3 Å². The van der Waals surface area contributed by atoms with Gasteiger partial charge in [0.05, 0.1) is 6.54 Å². The molecule has 0 radical (unpaired) electrons. The number of carbonyl (C=O) groups excluding carboxylic acids is 1. The number of ether oxygens (including phenoxy) is 2. The fourth-order valence-corrected chi connectivity index (χ4v) is 3.14. The van der Waals surface area contributed by atoms with E-state index in [-0.39, 0.29) is 24.4 Å². The molecule has 3 rings (SSSR count). The van der Waals surface area contributed by atoms with Crippen LogP contribution in [0.4, 0.5) is 4.79 Å². The molecule has 0 aromatic heterocycles. The van der Waals surface area contributed by atoms with Crippen LogP contribution in [0.1, 0.15) is 45.0 Å². The lowest BCUT2D eigenvalue weighted by molar-refractivity contribution is 0.102. The van der Waals surface area contributed by atoms with E-state index in [1.54, 1.807) is 4.90 Å². The van der Waals surface area contributed by atoms with Gasteiger partial charge in [-0.2, -0.15) is 0 Å². The van der Waals surface area contributed by atoms with E-state index in [2.05, 4.69) is 30.5 Å². The van der Waals surface area contributed by atoms with E-state index in [0.29, 0.717) is 19.2 Å². The topological polar surface area (TPSA) is 62.8 Å².